The van der Waals surface area contributed by atoms with Crippen LogP contribution in [0.5, 0.6) is 5.75 Å². The minimum atomic E-state index is -3.74. The van der Waals surface area contributed by atoms with Crippen molar-refractivity contribution in [3.8, 4) is 5.75 Å². The lowest BCUT2D eigenvalue weighted by Crippen LogP contribution is -2.28. The molecule has 0 fully saturated rings. The summed E-state index contributed by atoms with van der Waals surface area (Å²) in [6.07, 6.45) is 0. The number of ether oxygens (including phenoxy) is 1. The highest BCUT2D eigenvalue weighted by molar-refractivity contribution is 7.89. The van der Waals surface area contributed by atoms with Crippen molar-refractivity contribution in [3.63, 3.8) is 0 Å². The molecule has 0 atom stereocenters. The smallest absolute Gasteiger partial charge is 0.251 e. The Morgan fingerprint density at radius 2 is 1.67 bits per heavy atom. The predicted octanol–water partition coefficient (Wildman–Crippen LogP) is 3.63. The molecule has 0 unspecified atom stereocenters. The van der Waals surface area contributed by atoms with Crippen LogP contribution in [-0.4, -0.2) is 27.5 Å². The number of nitrogens with one attached hydrogen (secondary N) is 2. The van der Waals surface area contributed by atoms with Crippen LogP contribution in [0.3, 0.4) is 0 Å². The Balaban J connectivity index is 1.54. The van der Waals surface area contributed by atoms with Gasteiger partial charge in [-0.05, 0) is 48.0 Å². The molecule has 0 saturated carbocycles. The van der Waals surface area contributed by atoms with E-state index in [1.165, 1.54) is 18.2 Å². The predicted molar refractivity (Wildman–Crippen MR) is 116 cm³/mol. The maximum atomic E-state index is 12.5. The second-order valence-corrected chi connectivity index (χ2v) is 8.60. The number of rotatable bonds is 9. The van der Waals surface area contributed by atoms with Crippen LogP contribution in [0.4, 0.5) is 0 Å². The molecule has 0 heterocycles. The van der Waals surface area contributed by atoms with E-state index in [1.54, 1.807) is 30.3 Å². The molecular weight excluding hydrogens is 424 g/mol. The zero-order valence-corrected chi connectivity index (χ0v) is 17.6. The van der Waals surface area contributed by atoms with Gasteiger partial charge in [-0.2, -0.15) is 0 Å². The fourth-order valence-corrected chi connectivity index (χ4v) is 3.82. The molecule has 0 aliphatic heterocycles. The summed E-state index contributed by atoms with van der Waals surface area (Å²) in [6.45, 7) is 0.705. The summed E-state index contributed by atoms with van der Waals surface area (Å²) in [5, 5.41) is 3.33. The number of carbonyl (C=O) groups is 1. The lowest BCUT2D eigenvalue weighted by atomic mass is 10.2. The molecule has 0 spiro atoms. The maximum absolute atomic E-state index is 12.5. The Labute approximate surface area is 180 Å². The van der Waals surface area contributed by atoms with Crippen LogP contribution in [0.1, 0.15) is 15.9 Å². The molecule has 8 heteroatoms. The molecule has 3 rings (SSSR count). The van der Waals surface area contributed by atoms with Crippen LogP contribution < -0.4 is 14.8 Å². The first-order chi connectivity index (χ1) is 14.4. The van der Waals surface area contributed by atoms with Gasteiger partial charge >= 0.3 is 0 Å². The quantitative estimate of drug-likeness (QED) is 0.493. The lowest BCUT2D eigenvalue weighted by Gasteiger charge is -2.10. The largest absolute Gasteiger partial charge is 0.492 e. The molecule has 0 radical (unpaired) electrons. The number of amides is 1. The van der Waals surface area contributed by atoms with Crippen molar-refractivity contribution in [1.29, 1.82) is 0 Å². The third kappa shape index (κ3) is 6.32. The summed E-state index contributed by atoms with van der Waals surface area (Å²) >= 11 is 5.82. The van der Waals surface area contributed by atoms with Gasteiger partial charge in [-0.1, -0.05) is 48.0 Å². The summed E-state index contributed by atoms with van der Waals surface area (Å²) in [5.74, 6) is 0.265. The number of carbonyl (C=O) groups excluding carboxylic acids is 1. The second-order valence-electron chi connectivity index (χ2n) is 6.40. The minimum absolute atomic E-state index is 0.0310. The summed E-state index contributed by atoms with van der Waals surface area (Å²) < 4.78 is 33.2. The number of hydrogen-bond acceptors (Lipinski definition) is 4. The highest BCUT2D eigenvalue weighted by Crippen LogP contribution is 2.15. The average molecular weight is 445 g/mol. The van der Waals surface area contributed by atoms with Crippen molar-refractivity contribution in [2.45, 2.75) is 11.4 Å². The van der Waals surface area contributed by atoms with E-state index in [1.807, 2.05) is 30.3 Å². The Morgan fingerprint density at radius 1 is 0.933 bits per heavy atom. The molecule has 0 aromatic heterocycles. The molecule has 0 saturated heterocycles. The molecule has 30 heavy (non-hydrogen) atoms. The third-order valence-corrected chi connectivity index (χ3v) is 5.84. The molecular formula is C22H21ClN2O4S. The van der Waals surface area contributed by atoms with Gasteiger partial charge in [0.05, 0.1) is 11.4 Å². The normalized spacial score (nSPS) is 11.1. The number of hydrogen-bond donors (Lipinski definition) is 2. The van der Waals surface area contributed by atoms with Crippen LogP contribution in [-0.2, 0) is 16.6 Å². The van der Waals surface area contributed by atoms with Gasteiger partial charge < -0.3 is 10.1 Å². The Morgan fingerprint density at radius 3 is 2.40 bits per heavy atom. The molecule has 3 aromatic rings. The van der Waals surface area contributed by atoms with E-state index in [-0.39, 0.29) is 36.1 Å². The van der Waals surface area contributed by atoms with E-state index in [2.05, 4.69) is 10.0 Å². The monoisotopic (exact) mass is 444 g/mol. The van der Waals surface area contributed by atoms with E-state index in [4.69, 9.17) is 16.3 Å². The first kappa shape index (κ1) is 21.8. The van der Waals surface area contributed by atoms with E-state index in [0.29, 0.717) is 10.8 Å². The van der Waals surface area contributed by atoms with Crippen LogP contribution in [0, 0.1) is 0 Å². The summed E-state index contributed by atoms with van der Waals surface area (Å²) in [6, 6.07) is 22.0. The van der Waals surface area contributed by atoms with Gasteiger partial charge in [0.15, 0.2) is 0 Å². The van der Waals surface area contributed by atoms with Crippen molar-refractivity contribution >= 4 is 27.5 Å². The average Bonchev–Trinajstić information content (AvgIpc) is 2.77. The molecule has 0 aliphatic carbocycles. The van der Waals surface area contributed by atoms with Crippen molar-refractivity contribution in [2.24, 2.45) is 0 Å². The Hall–Kier alpha value is -2.87. The van der Waals surface area contributed by atoms with Gasteiger partial charge in [0, 0.05) is 17.1 Å². The van der Waals surface area contributed by atoms with E-state index >= 15 is 0 Å². The molecule has 6 nitrogen and oxygen atoms in total. The maximum Gasteiger partial charge on any atom is 0.251 e. The zero-order chi connectivity index (χ0) is 21.4. The Kier molecular flexibility index (Phi) is 7.46. The second kappa shape index (κ2) is 10.2. The van der Waals surface area contributed by atoms with Gasteiger partial charge in [0.2, 0.25) is 10.0 Å². The summed E-state index contributed by atoms with van der Waals surface area (Å²) in [7, 11) is -3.74. The van der Waals surface area contributed by atoms with Gasteiger partial charge in [-0.25, -0.2) is 13.1 Å². The zero-order valence-electron chi connectivity index (χ0n) is 16.0. The molecule has 156 valence electrons. The first-order valence-electron chi connectivity index (χ1n) is 9.24. The van der Waals surface area contributed by atoms with Gasteiger partial charge in [0.1, 0.15) is 12.4 Å². The number of halogens is 1. The standard InChI is InChI=1S/C22H21ClN2O4S/c23-19-9-11-20(12-10-19)29-14-13-24-22(26)18-7-4-8-21(15-18)30(27,28)25-16-17-5-2-1-3-6-17/h1-12,15,25H,13-14,16H2,(H,24,26). The molecule has 0 aliphatic rings. The van der Waals surface area contributed by atoms with Gasteiger partial charge in [-0.3, -0.25) is 4.79 Å². The van der Waals surface area contributed by atoms with Crippen LogP contribution >= 0.6 is 11.6 Å². The van der Waals surface area contributed by atoms with E-state index in [9.17, 15) is 13.2 Å². The van der Waals surface area contributed by atoms with Gasteiger partial charge in [-0.15, -0.1) is 0 Å². The van der Waals surface area contributed by atoms with Crippen LogP contribution in [0.25, 0.3) is 0 Å². The number of sulfonamides is 1. The van der Waals surface area contributed by atoms with Crippen molar-refractivity contribution in [2.75, 3.05) is 13.2 Å². The summed E-state index contributed by atoms with van der Waals surface area (Å²) in [4.78, 5) is 12.4. The SMILES string of the molecule is O=C(NCCOc1ccc(Cl)cc1)c1cccc(S(=O)(=O)NCc2ccccc2)c1. The van der Waals surface area contributed by atoms with Crippen molar-refractivity contribution in [3.05, 3.63) is 95.0 Å². The fraction of sp³-hybridized carbons (Fsp3) is 0.136. The molecule has 1 amide bonds. The van der Waals surface area contributed by atoms with Gasteiger partial charge in [0.25, 0.3) is 5.91 Å². The molecule has 2 N–H and O–H groups in total. The van der Waals surface area contributed by atoms with Crippen molar-refractivity contribution in [1.82, 2.24) is 10.0 Å². The van der Waals surface area contributed by atoms with Crippen molar-refractivity contribution < 1.29 is 17.9 Å². The molecule has 0 bridgehead atoms. The highest BCUT2D eigenvalue weighted by Gasteiger charge is 2.16. The van der Waals surface area contributed by atoms with Crippen LogP contribution in [0.15, 0.2) is 83.8 Å². The highest BCUT2D eigenvalue weighted by atomic mass is 35.5. The van der Waals surface area contributed by atoms with E-state index in [0.717, 1.165) is 5.56 Å². The Bertz CT molecular complexity index is 1090. The minimum Gasteiger partial charge on any atom is -0.492 e. The topological polar surface area (TPSA) is 84.5 Å². The first-order valence-corrected chi connectivity index (χ1v) is 11.1. The summed E-state index contributed by atoms with van der Waals surface area (Å²) in [5.41, 5.74) is 1.10. The lowest BCUT2D eigenvalue weighted by molar-refractivity contribution is 0.0947. The fourth-order valence-electron chi connectivity index (χ4n) is 2.63. The molecule has 3 aromatic carbocycles. The van der Waals surface area contributed by atoms with E-state index < -0.39 is 10.0 Å². The number of benzene rings is 3. The third-order valence-electron chi connectivity index (χ3n) is 4.19. The van der Waals surface area contributed by atoms with Crippen LogP contribution in [0.2, 0.25) is 5.02 Å².